The highest BCUT2D eigenvalue weighted by molar-refractivity contribution is 5.85. The van der Waals surface area contributed by atoms with Gasteiger partial charge in [0.25, 0.3) is 0 Å². The van der Waals surface area contributed by atoms with Crippen LogP contribution in [0.5, 0.6) is 5.75 Å². The first kappa shape index (κ1) is 15.3. The number of hydrogen-bond acceptors (Lipinski definition) is 2. The number of hydrogen-bond donors (Lipinski definition) is 1. The van der Waals surface area contributed by atoms with Gasteiger partial charge in [-0.3, -0.25) is 0 Å². The van der Waals surface area contributed by atoms with Crippen LogP contribution in [0, 0.1) is 6.92 Å². The van der Waals surface area contributed by atoms with Gasteiger partial charge in [0.2, 0.25) is 0 Å². The molecule has 19 heavy (non-hydrogen) atoms. The third-order valence-electron chi connectivity index (χ3n) is 3.01. The summed E-state index contributed by atoms with van der Waals surface area (Å²) >= 11 is 0. The molecule has 0 fully saturated rings. The maximum atomic E-state index is 10.6. The Kier molecular flexibility index (Phi) is 4.76. The van der Waals surface area contributed by atoms with E-state index >= 15 is 0 Å². The minimum atomic E-state index is -0.914. The molecule has 104 valence electrons. The Bertz CT molecular complexity index is 493. The molecule has 1 aromatic rings. The lowest BCUT2D eigenvalue weighted by molar-refractivity contribution is -0.132. The number of aliphatic carboxylic acids is 1. The van der Waals surface area contributed by atoms with Gasteiger partial charge in [-0.1, -0.05) is 32.9 Å². The largest absolute Gasteiger partial charge is 0.489 e. The lowest BCUT2D eigenvalue weighted by Gasteiger charge is -2.20. The highest BCUT2D eigenvalue weighted by Crippen LogP contribution is 2.27. The van der Waals surface area contributed by atoms with Crippen molar-refractivity contribution in [3.8, 4) is 5.75 Å². The van der Waals surface area contributed by atoms with Gasteiger partial charge in [-0.15, -0.1) is 0 Å². The van der Waals surface area contributed by atoms with Crippen molar-refractivity contribution >= 4 is 5.97 Å². The van der Waals surface area contributed by atoms with E-state index in [1.165, 1.54) is 5.56 Å². The Morgan fingerprint density at radius 2 is 2.00 bits per heavy atom. The highest BCUT2D eigenvalue weighted by atomic mass is 16.5. The molecule has 0 saturated heterocycles. The van der Waals surface area contributed by atoms with Crippen LogP contribution in [0.1, 0.15) is 38.8 Å². The van der Waals surface area contributed by atoms with Crippen LogP contribution in [0.25, 0.3) is 0 Å². The van der Waals surface area contributed by atoms with E-state index in [2.05, 4.69) is 32.9 Å². The van der Waals surface area contributed by atoms with Gasteiger partial charge in [0.1, 0.15) is 12.4 Å². The maximum Gasteiger partial charge on any atom is 0.331 e. The topological polar surface area (TPSA) is 46.5 Å². The highest BCUT2D eigenvalue weighted by Gasteiger charge is 2.14. The maximum absolute atomic E-state index is 10.6. The van der Waals surface area contributed by atoms with Gasteiger partial charge in [-0.2, -0.15) is 0 Å². The van der Waals surface area contributed by atoms with Gasteiger partial charge in [0, 0.05) is 5.57 Å². The van der Waals surface area contributed by atoms with Crippen LogP contribution in [-0.4, -0.2) is 17.7 Å². The fourth-order valence-corrected chi connectivity index (χ4v) is 1.62. The number of carboxylic acid groups (broad SMARTS) is 1. The molecule has 0 saturated carbocycles. The van der Waals surface area contributed by atoms with Crippen molar-refractivity contribution in [1.82, 2.24) is 0 Å². The molecule has 0 aliphatic heterocycles. The second-order valence-electron chi connectivity index (χ2n) is 5.73. The van der Waals surface area contributed by atoms with Crippen LogP contribution < -0.4 is 4.74 Å². The van der Waals surface area contributed by atoms with Crippen molar-refractivity contribution in [2.75, 3.05) is 6.61 Å². The molecular formula is C16H22O3. The zero-order chi connectivity index (χ0) is 14.6. The van der Waals surface area contributed by atoms with Gasteiger partial charge in [0.05, 0.1) is 0 Å². The van der Waals surface area contributed by atoms with Crippen molar-refractivity contribution in [1.29, 1.82) is 0 Å². The molecular weight excluding hydrogens is 240 g/mol. The van der Waals surface area contributed by atoms with E-state index < -0.39 is 5.97 Å². The number of ether oxygens (including phenoxy) is 1. The Morgan fingerprint density at radius 1 is 1.37 bits per heavy atom. The zero-order valence-electron chi connectivity index (χ0n) is 12.3. The molecule has 0 aliphatic rings. The van der Waals surface area contributed by atoms with Crippen LogP contribution in [0.4, 0.5) is 0 Å². The number of rotatable bonds is 4. The van der Waals surface area contributed by atoms with Crippen LogP contribution >= 0.6 is 0 Å². The number of benzene rings is 1. The minimum absolute atomic E-state index is 0.114. The first-order valence-corrected chi connectivity index (χ1v) is 6.36. The molecule has 0 spiro atoms. The molecule has 0 bridgehead atoms. The molecule has 0 heterocycles. The summed E-state index contributed by atoms with van der Waals surface area (Å²) in [5.74, 6) is -0.120. The second-order valence-corrected chi connectivity index (χ2v) is 5.73. The molecule has 0 radical (unpaired) electrons. The van der Waals surface area contributed by atoms with Gasteiger partial charge in [-0.25, -0.2) is 4.79 Å². The zero-order valence-corrected chi connectivity index (χ0v) is 12.3. The fraction of sp³-hybridized carbons (Fsp3) is 0.438. The molecule has 3 heteroatoms. The lowest BCUT2D eigenvalue weighted by Crippen LogP contribution is -2.11. The first-order chi connectivity index (χ1) is 8.71. The summed E-state index contributed by atoms with van der Waals surface area (Å²) in [6.07, 6.45) is 1.57. The first-order valence-electron chi connectivity index (χ1n) is 6.36. The number of carbonyl (C=O) groups is 1. The molecule has 3 nitrogen and oxygen atoms in total. The van der Waals surface area contributed by atoms with Gasteiger partial charge in [0.15, 0.2) is 0 Å². The van der Waals surface area contributed by atoms with Gasteiger partial charge >= 0.3 is 5.97 Å². The molecule has 1 N–H and O–H groups in total. The molecule has 1 aromatic carbocycles. The third-order valence-corrected chi connectivity index (χ3v) is 3.01. The van der Waals surface area contributed by atoms with E-state index in [-0.39, 0.29) is 12.0 Å². The molecule has 0 aliphatic carbocycles. The van der Waals surface area contributed by atoms with E-state index in [1.54, 1.807) is 13.0 Å². The summed E-state index contributed by atoms with van der Waals surface area (Å²) in [4.78, 5) is 10.6. The Labute approximate surface area is 114 Å². The van der Waals surface area contributed by atoms with E-state index in [0.717, 1.165) is 11.3 Å². The summed E-state index contributed by atoms with van der Waals surface area (Å²) in [7, 11) is 0. The second kappa shape index (κ2) is 5.91. The molecule has 0 unspecified atom stereocenters. The van der Waals surface area contributed by atoms with Crippen LogP contribution in [0.3, 0.4) is 0 Å². The van der Waals surface area contributed by atoms with Crippen molar-refractivity contribution in [2.24, 2.45) is 0 Å². The van der Waals surface area contributed by atoms with E-state index in [4.69, 9.17) is 9.84 Å². The summed E-state index contributed by atoms with van der Waals surface area (Å²) in [5, 5.41) is 8.74. The molecule has 0 amide bonds. The molecule has 0 aromatic heterocycles. The average Bonchev–Trinajstić information content (AvgIpc) is 2.29. The predicted molar refractivity (Wildman–Crippen MR) is 76.8 cm³/mol. The predicted octanol–water partition coefficient (Wildman–Crippen LogP) is 3.70. The Morgan fingerprint density at radius 3 is 2.47 bits per heavy atom. The van der Waals surface area contributed by atoms with Crippen LogP contribution in [0.2, 0.25) is 0 Å². The standard InChI is InChI=1S/C16H22O3/c1-11(15(17)18)8-9-19-14-7-6-13(10-12(14)2)16(3,4)5/h6-8,10H,9H2,1-5H3,(H,17,18). The number of carboxylic acids is 1. The smallest absolute Gasteiger partial charge is 0.331 e. The Balaban J connectivity index is 2.77. The van der Waals surface area contributed by atoms with E-state index in [9.17, 15) is 4.79 Å². The molecule has 1 rings (SSSR count). The van der Waals surface area contributed by atoms with Crippen LogP contribution in [-0.2, 0) is 10.2 Å². The van der Waals surface area contributed by atoms with Crippen molar-refractivity contribution in [3.05, 3.63) is 41.0 Å². The van der Waals surface area contributed by atoms with E-state index in [0.29, 0.717) is 5.57 Å². The monoisotopic (exact) mass is 262 g/mol. The summed E-state index contributed by atoms with van der Waals surface area (Å²) in [6, 6.07) is 6.11. The van der Waals surface area contributed by atoms with Crippen LogP contribution in [0.15, 0.2) is 29.8 Å². The third kappa shape index (κ3) is 4.43. The summed E-state index contributed by atoms with van der Waals surface area (Å²) in [5.41, 5.74) is 2.73. The van der Waals surface area contributed by atoms with Gasteiger partial charge in [-0.05, 0) is 42.5 Å². The fourth-order valence-electron chi connectivity index (χ4n) is 1.62. The SMILES string of the molecule is CC(=CCOc1ccc(C(C)(C)C)cc1C)C(=O)O. The summed E-state index contributed by atoms with van der Waals surface area (Å²) in [6.45, 7) is 10.3. The normalized spacial score (nSPS) is 12.4. The molecule has 0 atom stereocenters. The lowest BCUT2D eigenvalue weighted by atomic mass is 9.86. The quantitative estimate of drug-likeness (QED) is 0.841. The van der Waals surface area contributed by atoms with Crippen molar-refractivity contribution in [3.63, 3.8) is 0 Å². The minimum Gasteiger partial charge on any atom is -0.489 e. The average molecular weight is 262 g/mol. The van der Waals surface area contributed by atoms with Gasteiger partial charge < -0.3 is 9.84 Å². The summed E-state index contributed by atoms with van der Waals surface area (Å²) < 4.78 is 5.59. The van der Waals surface area contributed by atoms with Crippen molar-refractivity contribution < 1.29 is 14.6 Å². The number of aryl methyl sites for hydroxylation is 1. The Hall–Kier alpha value is -1.77. The van der Waals surface area contributed by atoms with E-state index in [1.807, 2.05) is 13.0 Å². The van der Waals surface area contributed by atoms with Crippen molar-refractivity contribution in [2.45, 2.75) is 40.0 Å².